The topological polar surface area (TPSA) is 34.1 Å². The van der Waals surface area contributed by atoms with Crippen LogP contribution >= 0.6 is 0 Å². The largest absolute Gasteiger partial charge is 0.0312 e. The van der Waals surface area contributed by atoms with Crippen LogP contribution in [-0.2, 0) is 29.8 Å². The van der Waals surface area contributed by atoms with Crippen molar-refractivity contribution in [1.29, 1.82) is 0 Å². The first kappa shape index (κ1) is 18.8. The molecule has 0 atom stereocenters. The van der Waals surface area contributed by atoms with E-state index < -0.39 is 9.84 Å². The number of hydrogen-bond acceptors (Lipinski definition) is 2. The molecule has 0 heterocycles. The first-order valence-corrected chi connectivity index (χ1v) is 8.75. The predicted molar refractivity (Wildman–Crippen MR) is 82.7 cm³/mol. The van der Waals surface area contributed by atoms with Crippen LogP contribution in [0.5, 0.6) is 0 Å². The molecular weight excluding hydrogens is 316 g/mol. The Kier molecular flexibility index (Phi) is 10.2. The van der Waals surface area contributed by atoms with Gasteiger partial charge in [0.25, 0.3) is 0 Å². The summed E-state index contributed by atoms with van der Waals surface area (Å²) in [6.07, 6.45) is 20.0. The van der Waals surface area contributed by atoms with Crippen molar-refractivity contribution >= 4 is 13.5 Å². The number of benzene rings is 1. The molecule has 2 nitrogen and oxygen atoms in total. The second kappa shape index (κ2) is 11.3. The van der Waals surface area contributed by atoms with Crippen LogP contribution < -0.4 is 0 Å². The zero-order valence-electron chi connectivity index (χ0n) is 11.5. The maximum atomic E-state index is 11.1. The molecule has 2 aliphatic carbocycles. The standard InChI is InChI=1S/C7H6O2S.2C5H5.Ti/c1-10(8,9)7-5-3-2-4-6-7;2*1-2-4-5-3-1;/h1-6H;2*1-5H;. The summed E-state index contributed by atoms with van der Waals surface area (Å²) in [6, 6.07) is 8.35. The van der Waals surface area contributed by atoms with Crippen LogP contribution in [0.1, 0.15) is 0 Å². The Balaban J connectivity index is 0.000000181. The Morgan fingerprint density at radius 1 is 0.667 bits per heavy atom. The van der Waals surface area contributed by atoms with E-state index in [9.17, 15) is 8.42 Å². The van der Waals surface area contributed by atoms with Crippen LogP contribution in [0.25, 0.3) is 0 Å². The molecule has 0 aliphatic heterocycles. The van der Waals surface area contributed by atoms with Crippen molar-refractivity contribution in [3.63, 3.8) is 0 Å². The maximum absolute atomic E-state index is 11.1. The summed E-state index contributed by atoms with van der Waals surface area (Å²) in [5, 5.41) is 0. The van der Waals surface area contributed by atoms with Crippen molar-refractivity contribution in [2.75, 3.05) is 0 Å². The Bertz CT molecular complexity index is 450. The SMILES string of the molecule is O=S(=O)([CH]=[Ti])c1ccccc1.[CH]1[CH][CH][CH][CH]1.[CH]1[CH][CH][CH][CH]1. The van der Waals surface area contributed by atoms with E-state index in [1.54, 1.807) is 30.3 Å². The van der Waals surface area contributed by atoms with Crippen molar-refractivity contribution in [3.8, 4) is 0 Å². The van der Waals surface area contributed by atoms with E-state index in [1.165, 1.54) is 23.6 Å². The van der Waals surface area contributed by atoms with Gasteiger partial charge < -0.3 is 0 Å². The predicted octanol–water partition coefficient (Wildman–Crippen LogP) is 2.81. The summed E-state index contributed by atoms with van der Waals surface area (Å²) in [5.74, 6) is 0. The van der Waals surface area contributed by atoms with Crippen LogP contribution in [0, 0.1) is 64.2 Å². The smallest absolute Gasteiger partial charge is 0.0312 e. The first-order chi connectivity index (χ1) is 10.2. The third-order valence-corrected chi connectivity index (χ3v) is 5.03. The molecule has 2 aliphatic rings. The molecule has 2 saturated carbocycles. The van der Waals surface area contributed by atoms with Crippen LogP contribution in [0.3, 0.4) is 0 Å². The molecule has 0 spiro atoms. The number of sulfone groups is 1. The summed E-state index contributed by atoms with van der Waals surface area (Å²) in [4.78, 5) is 0.350. The van der Waals surface area contributed by atoms with E-state index in [2.05, 4.69) is 0 Å². The van der Waals surface area contributed by atoms with Crippen molar-refractivity contribution in [2.24, 2.45) is 0 Å². The molecule has 21 heavy (non-hydrogen) atoms. The van der Waals surface area contributed by atoms with Gasteiger partial charge in [-0.05, 0) is 64.2 Å². The Labute approximate surface area is 141 Å². The molecule has 0 saturated heterocycles. The van der Waals surface area contributed by atoms with Gasteiger partial charge in [-0.3, -0.25) is 0 Å². The van der Waals surface area contributed by atoms with Crippen LogP contribution in [0.4, 0.5) is 0 Å². The van der Waals surface area contributed by atoms with Gasteiger partial charge in [-0.1, -0.05) is 0 Å². The molecule has 1 aromatic rings. The summed E-state index contributed by atoms with van der Waals surface area (Å²) in [7, 11) is -3.12. The number of hydrogen-bond donors (Lipinski definition) is 0. The van der Waals surface area contributed by atoms with E-state index in [1.807, 2.05) is 64.2 Å². The van der Waals surface area contributed by atoms with Crippen LogP contribution in [-0.4, -0.2) is 12.1 Å². The molecule has 2 fully saturated rings. The molecular formula is C17H16O2STi. The molecule has 0 aromatic heterocycles. The van der Waals surface area contributed by atoms with Gasteiger partial charge in [-0.15, -0.1) is 0 Å². The molecule has 4 heteroatoms. The molecule has 0 amide bonds. The fraction of sp³-hybridized carbons (Fsp3) is 0. The van der Waals surface area contributed by atoms with Gasteiger partial charge in [0.15, 0.2) is 0 Å². The number of rotatable bonds is 2. The summed E-state index contributed by atoms with van der Waals surface area (Å²) in [5.41, 5.74) is 0. The molecule has 0 unspecified atom stereocenters. The normalized spacial score (nSPS) is 17.1. The van der Waals surface area contributed by atoms with Crippen molar-refractivity contribution in [2.45, 2.75) is 4.90 Å². The average Bonchev–Trinajstić information content (AvgIpc) is 3.25. The van der Waals surface area contributed by atoms with E-state index in [4.69, 9.17) is 0 Å². The molecule has 0 bridgehead atoms. The third kappa shape index (κ3) is 8.70. The van der Waals surface area contributed by atoms with Gasteiger partial charge in [0.2, 0.25) is 0 Å². The van der Waals surface area contributed by atoms with Gasteiger partial charge >= 0.3 is 77.1 Å². The van der Waals surface area contributed by atoms with Gasteiger partial charge in [-0.25, -0.2) is 0 Å². The monoisotopic (exact) mass is 332 g/mol. The van der Waals surface area contributed by atoms with Crippen LogP contribution in [0.2, 0.25) is 0 Å². The Hall–Kier alpha value is -0.246. The summed E-state index contributed by atoms with van der Waals surface area (Å²) in [6.45, 7) is 0. The van der Waals surface area contributed by atoms with Gasteiger partial charge in [0.05, 0.1) is 0 Å². The van der Waals surface area contributed by atoms with Crippen molar-refractivity contribution in [3.05, 3.63) is 94.5 Å². The van der Waals surface area contributed by atoms with Gasteiger partial charge in [0.1, 0.15) is 0 Å². The molecule has 10 radical (unpaired) electrons. The minimum absolute atomic E-state index is 0.350. The Morgan fingerprint density at radius 3 is 1.29 bits per heavy atom. The first-order valence-electron chi connectivity index (χ1n) is 6.31. The summed E-state index contributed by atoms with van der Waals surface area (Å²) < 4.78 is 23.5. The quantitative estimate of drug-likeness (QED) is 0.781. The van der Waals surface area contributed by atoms with E-state index >= 15 is 0 Å². The summed E-state index contributed by atoms with van der Waals surface area (Å²) >= 11 is 1.52. The zero-order valence-corrected chi connectivity index (χ0v) is 13.8. The molecule has 106 valence electrons. The fourth-order valence-corrected chi connectivity index (χ4v) is 2.63. The Morgan fingerprint density at radius 2 is 1.00 bits per heavy atom. The van der Waals surface area contributed by atoms with Crippen molar-refractivity contribution < 1.29 is 28.4 Å². The van der Waals surface area contributed by atoms with E-state index in [0.717, 1.165) is 0 Å². The van der Waals surface area contributed by atoms with Gasteiger partial charge in [-0.2, -0.15) is 0 Å². The van der Waals surface area contributed by atoms with Gasteiger partial charge in [0, 0.05) is 0 Å². The van der Waals surface area contributed by atoms with E-state index in [-0.39, 0.29) is 0 Å². The minimum atomic E-state index is -3.12. The second-order valence-electron chi connectivity index (χ2n) is 3.90. The van der Waals surface area contributed by atoms with E-state index in [0.29, 0.717) is 4.90 Å². The maximum Gasteiger partial charge on any atom is -0.0312 e. The zero-order chi connectivity index (χ0) is 15.4. The van der Waals surface area contributed by atoms with Crippen LogP contribution in [0.15, 0.2) is 35.2 Å². The molecule has 1 aromatic carbocycles. The third-order valence-electron chi connectivity index (χ3n) is 2.34. The minimum Gasteiger partial charge on any atom is -0.0312 e. The molecule has 0 N–H and O–H groups in total. The average molecular weight is 332 g/mol. The van der Waals surface area contributed by atoms with Crippen molar-refractivity contribution in [1.82, 2.24) is 0 Å². The second-order valence-corrected chi connectivity index (χ2v) is 6.80. The molecule has 3 rings (SSSR count). The fourth-order valence-electron chi connectivity index (χ4n) is 1.32.